The van der Waals surface area contributed by atoms with Gasteiger partial charge in [0.1, 0.15) is 5.71 Å². The van der Waals surface area contributed by atoms with Crippen molar-refractivity contribution in [1.82, 2.24) is 10.7 Å². The van der Waals surface area contributed by atoms with Crippen LogP contribution in [0.4, 0.5) is 0 Å². The van der Waals surface area contributed by atoms with E-state index in [0.717, 1.165) is 10.0 Å². The molecule has 0 aliphatic carbocycles. The fourth-order valence-electron chi connectivity index (χ4n) is 1.78. The van der Waals surface area contributed by atoms with E-state index in [0.29, 0.717) is 18.6 Å². The molecular formula is C13H14BrN3O2. The molecule has 1 aromatic rings. The summed E-state index contributed by atoms with van der Waals surface area (Å²) in [6, 6.07) is 7.62. The third-order valence-corrected chi connectivity index (χ3v) is 3.36. The number of carbonyl (C=O) groups excluding carboxylic acids is 2. The zero-order valence-electron chi connectivity index (χ0n) is 10.4. The number of nitrogens with zero attached hydrogens (tertiary/aromatic N) is 1. The fraction of sp³-hybridized carbons (Fsp3) is 0.308. The van der Waals surface area contributed by atoms with Gasteiger partial charge in [0, 0.05) is 17.3 Å². The number of nitrogens with one attached hydrogen (secondary N) is 2. The first-order valence-electron chi connectivity index (χ1n) is 5.98. The maximum Gasteiger partial charge on any atom is 0.267 e. The van der Waals surface area contributed by atoms with Crippen molar-refractivity contribution in [2.75, 3.05) is 0 Å². The molecule has 1 aromatic carbocycles. The molecule has 0 aromatic heterocycles. The lowest BCUT2D eigenvalue weighted by Gasteiger charge is -2.17. The predicted molar refractivity (Wildman–Crippen MR) is 75.5 cm³/mol. The lowest BCUT2D eigenvalue weighted by atomic mass is 10.1. The molecule has 2 rings (SSSR count). The van der Waals surface area contributed by atoms with Crippen LogP contribution in [0.25, 0.3) is 0 Å². The summed E-state index contributed by atoms with van der Waals surface area (Å²) in [7, 11) is 0. The number of amides is 2. The van der Waals surface area contributed by atoms with Crippen LogP contribution in [0.3, 0.4) is 0 Å². The van der Waals surface area contributed by atoms with Gasteiger partial charge >= 0.3 is 0 Å². The van der Waals surface area contributed by atoms with Crippen LogP contribution in [0.1, 0.15) is 31.4 Å². The molecule has 2 N–H and O–H groups in total. The highest BCUT2D eigenvalue weighted by atomic mass is 79.9. The molecule has 1 unspecified atom stereocenters. The molecule has 0 bridgehead atoms. The minimum atomic E-state index is -0.243. The molecule has 1 atom stereocenters. The van der Waals surface area contributed by atoms with E-state index in [1.807, 2.05) is 31.2 Å². The molecule has 2 amide bonds. The number of rotatable bonds is 3. The van der Waals surface area contributed by atoms with Gasteiger partial charge in [-0.1, -0.05) is 28.1 Å². The molecule has 5 nitrogen and oxygen atoms in total. The lowest BCUT2D eigenvalue weighted by Crippen LogP contribution is -2.37. The molecule has 19 heavy (non-hydrogen) atoms. The molecule has 0 saturated heterocycles. The molecule has 0 spiro atoms. The van der Waals surface area contributed by atoms with Crippen LogP contribution in [0.2, 0.25) is 0 Å². The number of benzene rings is 1. The monoisotopic (exact) mass is 323 g/mol. The number of carbonyl (C=O) groups is 2. The van der Waals surface area contributed by atoms with Gasteiger partial charge in [0.15, 0.2) is 0 Å². The second-order valence-corrected chi connectivity index (χ2v) is 5.26. The Bertz CT molecular complexity index is 542. The van der Waals surface area contributed by atoms with Gasteiger partial charge in [0.05, 0.1) is 6.04 Å². The van der Waals surface area contributed by atoms with Gasteiger partial charge in [0.25, 0.3) is 5.91 Å². The Balaban J connectivity index is 2.01. The minimum Gasteiger partial charge on any atom is -0.344 e. The van der Waals surface area contributed by atoms with Crippen molar-refractivity contribution in [2.24, 2.45) is 5.10 Å². The van der Waals surface area contributed by atoms with Crippen molar-refractivity contribution >= 4 is 33.5 Å². The Labute approximate surface area is 119 Å². The van der Waals surface area contributed by atoms with Gasteiger partial charge < -0.3 is 5.32 Å². The zero-order valence-corrected chi connectivity index (χ0v) is 12.0. The second-order valence-electron chi connectivity index (χ2n) is 4.34. The molecule has 0 radical (unpaired) electrons. The van der Waals surface area contributed by atoms with Gasteiger partial charge in [-0.15, -0.1) is 0 Å². The van der Waals surface area contributed by atoms with Gasteiger partial charge in [-0.2, -0.15) is 5.10 Å². The van der Waals surface area contributed by atoms with Crippen LogP contribution in [-0.2, 0) is 9.59 Å². The van der Waals surface area contributed by atoms with Crippen LogP contribution in [0.15, 0.2) is 33.8 Å². The Kier molecular flexibility index (Phi) is 4.31. The average Bonchev–Trinajstić information content (AvgIpc) is 2.39. The van der Waals surface area contributed by atoms with E-state index in [2.05, 4.69) is 31.8 Å². The third-order valence-electron chi connectivity index (χ3n) is 2.86. The van der Waals surface area contributed by atoms with Crippen LogP contribution >= 0.6 is 15.9 Å². The highest BCUT2D eigenvalue weighted by molar-refractivity contribution is 9.10. The molecular weight excluding hydrogens is 310 g/mol. The highest BCUT2D eigenvalue weighted by Gasteiger charge is 2.20. The number of hydrogen-bond acceptors (Lipinski definition) is 3. The van der Waals surface area contributed by atoms with Crippen molar-refractivity contribution in [3.8, 4) is 0 Å². The zero-order chi connectivity index (χ0) is 13.8. The van der Waals surface area contributed by atoms with E-state index in [-0.39, 0.29) is 17.9 Å². The summed E-state index contributed by atoms with van der Waals surface area (Å²) < 4.78 is 0.966. The average molecular weight is 324 g/mol. The molecule has 6 heteroatoms. The predicted octanol–water partition coefficient (Wildman–Crippen LogP) is 1.89. The summed E-state index contributed by atoms with van der Waals surface area (Å²) in [5, 5.41) is 6.64. The summed E-state index contributed by atoms with van der Waals surface area (Å²) >= 11 is 3.40. The largest absolute Gasteiger partial charge is 0.344 e. The van der Waals surface area contributed by atoms with Crippen LogP contribution in [0, 0.1) is 0 Å². The van der Waals surface area contributed by atoms with E-state index in [1.165, 1.54) is 0 Å². The van der Waals surface area contributed by atoms with Crippen molar-refractivity contribution in [1.29, 1.82) is 0 Å². The molecule has 1 aliphatic rings. The van der Waals surface area contributed by atoms with Crippen molar-refractivity contribution < 1.29 is 9.59 Å². The van der Waals surface area contributed by atoms with Gasteiger partial charge in [-0.05, 0) is 24.6 Å². The SMILES string of the molecule is CC(NC(=O)C1=NNC(=O)CC1)c1cccc(Br)c1. The van der Waals surface area contributed by atoms with Gasteiger partial charge in [0.2, 0.25) is 5.91 Å². The first kappa shape index (κ1) is 13.7. The molecule has 0 saturated carbocycles. The first-order chi connectivity index (χ1) is 9.06. The van der Waals surface area contributed by atoms with Crippen molar-refractivity contribution in [3.63, 3.8) is 0 Å². The number of hydrazone groups is 1. The molecule has 1 aliphatic heterocycles. The maximum absolute atomic E-state index is 12.0. The smallest absolute Gasteiger partial charge is 0.267 e. The van der Waals surface area contributed by atoms with E-state index in [1.54, 1.807) is 0 Å². The van der Waals surface area contributed by atoms with Crippen LogP contribution < -0.4 is 10.7 Å². The third kappa shape index (κ3) is 3.64. The Morgan fingerprint density at radius 2 is 2.26 bits per heavy atom. The number of hydrogen-bond donors (Lipinski definition) is 2. The summed E-state index contributed by atoms with van der Waals surface area (Å²) in [5.41, 5.74) is 3.68. The van der Waals surface area contributed by atoms with Gasteiger partial charge in [-0.25, -0.2) is 5.43 Å². The normalized spacial score (nSPS) is 16.3. The lowest BCUT2D eigenvalue weighted by molar-refractivity contribution is -0.121. The van der Waals surface area contributed by atoms with E-state index in [4.69, 9.17) is 0 Å². The summed E-state index contributed by atoms with van der Waals surface area (Å²) in [6.45, 7) is 1.90. The van der Waals surface area contributed by atoms with Crippen LogP contribution in [-0.4, -0.2) is 17.5 Å². The fourth-order valence-corrected chi connectivity index (χ4v) is 2.19. The summed E-state index contributed by atoms with van der Waals surface area (Å²) in [4.78, 5) is 22.9. The van der Waals surface area contributed by atoms with Crippen molar-refractivity contribution in [3.05, 3.63) is 34.3 Å². The van der Waals surface area contributed by atoms with Crippen molar-refractivity contribution in [2.45, 2.75) is 25.8 Å². The Morgan fingerprint density at radius 3 is 2.89 bits per heavy atom. The second kappa shape index (κ2) is 5.97. The standard InChI is InChI=1S/C13H14BrN3O2/c1-8(9-3-2-4-10(14)7-9)15-13(19)11-5-6-12(18)17-16-11/h2-4,7-8H,5-6H2,1H3,(H,15,19)(H,17,18). The maximum atomic E-state index is 12.0. The summed E-state index contributed by atoms with van der Waals surface area (Å²) in [5.74, 6) is -0.399. The first-order valence-corrected chi connectivity index (χ1v) is 6.77. The quantitative estimate of drug-likeness (QED) is 0.891. The Hall–Kier alpha value is -1.69. The van der Waals surface area contributed by atoms with Gasteiger partial charge in [-0.3, -0.25) is 9.59 Å². The minimum absolute atomic E-state index is 0.120. The number of halogens is 1. The topological polar surface area (TPSA) is 70.6 Å². The van der Waals surface area contributed by atoms with E-state index >= 15 is 0 Å². The molecule has 100 valence electrons. The summed E-state index contributed by atoms with van der Waals surface area (Å²) in [6.07, 6.45) is 0.681. The van der Waals surface area contributed by atoms with Crippen LogP contribution in [0.5, 0.6) is 0 Å². The van der Waals surface area contributed by atoms with E-state index < -0.39 is 0 Å². The highest BCUT2D eigenvalue weighted by Crippen LogP contribution is 2.18. The molecule has 0 fully saturated rings. The Morgan fingerprint density at radius 1 is 1.47 bits per heavy atom. The van der Waals surface area contributed by atoms with E-state index in [9.17, 15) is 9.59 Å². The molecule has 1 heterocycles.